The lowest BCUT2D eigenvalue weighted by atomic mass is 10.2. The first-order chi connectivity index (χ1) is 10.2. The summed E-state index contributed by atoms with van der Waals surface area (Å²) in [5, 5.41) is 7.06. The number of benzene rings is 1. The topological polar surface area (TPSA) is 37.8 Å². The van der Waals surface area contributed by atoms with Crippen LogP contribution in [0.4, 0.5) is 5.82 Å². The molecule has 0 unspecified atom stereocenters. The predicted molar refractivity (Wildman–Crippen MR) is 91.4 cm³/mol. The molecule has 1 aromatic carbocycles. The van der Waals surface area contributed by atoms with E-state index in [4.69, 9.17) is 21.6 Å². The van der Waals surface area contributed by atoms with Crippen molar-refractivity contribution in [2.45, 2.75) is 20.3 Å². The van der Waals surface area contributed by atoms with Crippen LogP contribution in [-0.2, 0) is 6.42 Å². The van der Waals surface area contributed by atoms with Crippen LogP contribution in [0.5, 0.6) is 0 Å². The summed E-state index contributed by atoms with van der Waals surface area (Å²) in [5.74, 6) is 1.63. The Labute approximate surface area is 133 Å². The predicted octanol–water partition coefficient (Wildman–Crippen LogP) is 5.01. The molecule has 0 aliphatic rings. The fourth-order valence-electron chi connectivity index (χ4n) is 2.31. The Morgan fingerprint density at radius 2 is 2.05 bits per heavy atom. The molecule has 3 aromatic rings. The van der Waals surface area contributed by atoms with Crippen LogP contribution in [0.15, 0.2) is 29.6 Å². The van der Waals surface area contributed by atoms with E-state index in [-0.39, 0.29) is 0 Å². The summed E-state index contributed by atoms with van der Waals surface area (Å²) in [7, 11) is 0. The van der Waals surface area contributed by atoms with E-state index in [2.05, 4.69) is 30.6 Å². The number of fused-ring (bicyclic) bond motifs is 1. The molecule has 0 radical (unpaired) electrons. The van der Waals surface area contributed by atoms with Gasteiger partial charge in [0.05, 0.1) is 10.4 Å². The van der Waals surface area contributed by atoms with Gasteiger partial charge in [-0.25, -0.2) is 9.97 Å². The van der Waals surface area contributed by atoms with Gasteiger partial charge < -0.3 is 5.32 Å². The first-order valence-electron chi connectivity index (χ1n) is 7.00. The lowest BCUT2D eigenvalue weighted by molar-refractivity contribution is 1.12. The molecular weight excluding hydrogens is 302 g/mol. The number of hydrogen-bond acceptors (Lipinski definition) is 4. The quantitative estimate of drug-likeness (QED) is 0.735. The Morgan fingerprint density at radius 3 is 2.81 bits per heavy atom. The number of nitrogens with one attached hydrogen (secondary N) is 1. The van der Waals surface area contributed by atoms with Crippen LogP contribution in [0, 0.1) is 0 Å². The van der Waals surface area contributed by atoms with Gasteiger partial charge in [0, 0.05) is 17.0 Å². The van der Waals surface area contributed by atoms with Crippen molar-refractivity contribution in [1.82, 2.24) is 9.97 Å². The second kappa shape index (κ2) is 6.00. The minimum absolute atomic E-state index is 0.698. The van der Waals surface area contributed by atoms with Crippen molar-refractivity contribution in [3.63, 3.8) is 0 Å². The largest absolute Gasteiger partial charge is 0.370 e. The summed E-state index contributed by atoms with van der Waals surface area (Å²) in [5.41, 5.74) is 2.20. The van der Waals surface area contributed by atoms with E-state index in [0.29, 0.717) is 5.02 Å². The van der Waals surface area contributed by atoms with E-state index in [1.807, 2.05) is 18.2 Å². The molecule has 0 aliphatic carbocycles. The molecular formula is C16H16ClN3S. The number of rotatable bonds is 4. The summed E-state index contributed by atoms with van der Waals surface area (Å²) in [6.07, 6.45) is 0.984. The van der Waals surface area contributed by atoms with Crippen LogP contribution in [0.1, 0.15) is 19.4 Å². The smallest absolute Gasteiger partial charge is 0.172 e. The van der Waals surface area contributed by atoms with E-state index in [9.17, 15) is 0 Å². The molecule has 5 heteroatoms. The Balaban J connectivity index is 2.23. The van der Waals surface area contributed by atoms with Gasteiger partial charge in [-0.3, -0.25) is 0 Å². The molecule has 0 aliphatic heterocycles. The summed E-state index contributed by atoms with van der Waals surface area (Å²) in [6.45, 7) is 5.02. The molecule has 0 amide bonds. The van der Waals surface area contributed by atoms with Gasteiger partial charge in [0.25, 0.3) is 0 Å². The fourth-order valence-corrected chi connectivity index (χ4v) is 3.42. The molecule has 0 saturated carbocycles. The maximum Gasteiger partial charge on any atom is 0.172 e. The highest BCUT2D eigenvalue weighted by Gasteiger charge is 2.13. The Kier molecular flexibility index (Phi) is 4.08. The van der Waals surface area contributed by atoms with Crippen molar-refractivity contribution in [3.05, 3.63) is 40.2 Å². The Hall–Kier alpha value is -1.65. The van der Waals surface area contributed by atoms with Crippen LogP contribution in [0.25, 0.3) is 21.6 Å². The average Bonchev–Trinajstić information content (AvgIpc) is 2.96. The van der Waals surface area contributed by atoms with E-state index in [1.165, 1.54) is 5.56 Å². The van der Waals surface area contributed by atoms with Crippen LogP contribution in [0.3, 0.4) is 0 Å². The third-order valence-electron chi connectivity index (χ3n) is 3.33. The molecule has 0 fully saturated rings. The standard InChI is InChI=1S/C16H16ClN3S/c1-3-10-7-8-21-14(10)16-19-13-6-5-11(17)9-12(13)15(20-16)18-4-2/h5-9H,3-4H2,1-2H3,(H,18,19,20). The number of nitrogens with zero attached hydrogens (tertiary/aromatic N) is 2. The van der Waals surface area contributed by atoms with Gasteiger partial charge in [-0.05, 0) is 48.6 Å². The third kappa shape index (κ3) is 2.74. The van der Waals surface area contributed by atoms with E-state index >= 15 is 0 Å². The zero-order valence-corrected chi connectivity index (χ0v) is 13.6. The van der Waals surface area contributed by atoms with Crippen molar-refractivity contribution in [2.75, 3.05) is 11.9 Å². The minimum Gasteiger partial charge on any atom is -0.370 e. The van der Waals surface area contributed by atoms with E-state index in [1.54, 1.807) is 11.3 Å². The van der Waals surface area contributed by atoms with Crippen LogP contribution >= 0.6 is 22.9 Å². The zero-order chi connectivity index (χ0) is 14.8. The molecule has 21 heavy (non-hydrogen) atoms. The second-order valence-corrected chi connectivity index (χ2v) is 6.07. The lowest BCUT2D eigenvalue weighted by Gasteiger charge is -2.10. The van der Waals surface area contributed by atoms with Crippen molar-refractivity contribution in [1.29, 1.82) is 0 Å². The second-order valence-electron chi connectivity index (χ2n) is 4.72. The summed E-state index contributed by atoms with van der Waals surface area (Å²) < 4.78 is 0. The molecule has 3 rings (SSSR count). The van der Waals surface area contributed by atoms with Gasteiger partial charge in [-0.15, -0.1) is 11.3 Å². The highest BCUT2D eigenvalue weighted by molar-refractivity contribution is 7.13. The average molecular weight is 318 g/mol. The normalized spacial score (nSPS) is 11.0. The van der Waals surface area contributed by atoms with Gasteiger partial charge in [-0.1, -0.05) is 18.5 Å². The van der Waals surface area contributed by atoms with E-state index in [0.717, 1.165) is 40.4 Å². The van der Waals surface area contributed by atoms with E-state index < -0.39 is 0 Å². The lowest BCUT2D eigenvalue weighted by Crippen LogP contribution is -2.03. The molecule has 0 spiro atoms. The number of aromatic nitrogens is 2. The molecule has 0 bridgehead atoms. The molecule has 3 nitrogen and oxygen atoms in total. The highest BCUT2D eigenvalue weighted by atomic mass is 35.5. The monoisotopic (exact) mass is 317 g/mol. The molecule has 2 heterocycles. The van der Waals surface area contributed by atoms with Gasteiger partial charge in [0.2, 0.25) is 0 Å². The molecule has 2 aromatic heterocycles. The Bertz CT molecular complexity index is 782. The number of aryl methyl sites for hydroxylation is 1. The molecule has 108 valence electrons. The number of anilines is 1. The number of halogens is 1. The summed E-state index contributed by atoms with van der Waals surface area (Å²) in [4.78, 5) is 10.6. The van der Waals surface area contributed by atoms with Crippen LogP contribution in [0.2, 0.25) is 5.02 Å². The van der Waals surface area contributed by atoms with Crippen molar-refractivity contribution in [2.24, 2.45) is 0 Å². The Morgan fingerprint density at radius 1 is 1.19 bits per heavy atom. The number of hydrogen-bond donors (Lipinski definition) is 1. The fraction of sp³-hybridized carbons (Fsp3) is 0.250. The first kappa shape index (κ1) is 14.3. The van der Waals surface area contributed by atoms with Gasteiger partial charge in [0.1, 0.15) is 5.82 Å². The van der Waals surface area contributed by atoms with Crippen molar-refractivity contribution >= 4 is 39.7 Å². The zero-order valence-electron chi connectivity index (χ0n) is 12.0. The van der Waals surface area contributed by atoms with Crippen LogP contribution < -0.4 is 5.32 Å². The summed E-state index contributed by atoms with van der Waals surface area (Å²) in [6, 6.07) is 7.87. The maximum absolute atomic E-state index is 6.10. The van der Waals surface area contributed by atoms with Gasteiger partial charge >= 0.3 is 0 Å². The van der Waals surface area contributed by atoms with Crippen LogP contribution in [-0.4, -0.2) is 16.5 Å². The SMILES string of the molecule is CCNc1nc(-c2sccc2CC)nc2ccc(Cl)cc12. The maximum atomic E-state index is 6.10. The molecule has 1 N–H and O–H groups in total. The minimum atomic E-state index is 0.698. The first-order valence-corrected chi connectivity index (χ1v) is 8.26. The van der Waals surface area contributed by atoms with Gasteiger partial charge in [0.15, 0.2) is 5.82 Å². The number of thiophene rings is 1. The molecule has 0 saturated heterocycles. The summed E-state index contributed by atoms with van der Waals surface area (Å²) >= 11 is 7.78. The highest BCUT2D eigenvalue weighted by Crippen LogP contribution is 2.31. The van der Waals surface area contributed by atoms with Gasteiger partial charge in [-0.2, -0.15) is 0 Å². The molecule has 0 atom stereocenters. The third-order valence-corrected chi connectivity index (χ3v) is 4.52. The van der Waals surface area contributed by atoms with Crippen molar-refractivity contribution < 1.29 is 0 Å². The van der Waals surface area contributed by atoms with Crippen molar-refractivity contribution in [3.8, 4) is 10.7 Å².